The van der Waals surface area contributed by atoms with Gasteiger partial charge < -0.3 is 14.7 Å². The molecule has 0 aromatic carbocycles. The Bertz CT molecular complexity index is 699. The summed E-state index contributed by atoms with van der Waals surface area (Å²) in [5, 5.41) is 14.2. The normalized spacial score (nSPS) is 15.7. The molecule has 3 rings (SSSR count). The van der Waals surface area contributed by atoms with Crippen molar-refractivity contribution < 1.29 is 9.32 Å². The maximum absolute atomic E-state index is 12.5. The largest absolute Gasteiger partial charge is 0.359 e. The van der Waals surface area contributed by atoms with Crippen molar-refractivity contribution in [2.75, 3.05) is 18.4 Å². The number of H-pyrrole nitrogens is 1. The molecule has 2 aromatic rings. The quantitative estimate of drug-likeness (QED) is 0.896. The van der Waals surface area contributed by atoms with Gasteiger partial charge in [0.15, 0.2) is 11.6 Å². The second kappa shape index (κ2) is 7.02. The Morgan fingerprint density at radius 3 is 2.71 bits per heavy atom. The van der Waals surface area contributed by atoms with Crippen LogP contribution >= 0.6 is 0 Å². The van der Waals surface area contributed by atoms with Crippen molar-refractivity contribution in [2.45, 2.75) is 52.4 Å². The number of urea groups is 1. The highest BCUT2D eigenvalue weighted by Crippen LogP contribution is 2.27. The summed E-state index contributed by atoms with van der Waals surface area (Å²) < 4.78 is 5.16. The van der Waals surface area contributed by atoms with E-state index in [0.29, 0.717) is 30.5 Å². The molecule has 0 saturated carbocycles. The average Bonchev–Trinajstić information content (AvgIpc) is 3.22. The van der Waals surface area contributed by atoms with Gasteiger partial charge in [0.2, 0.25) is 0 Å². The van der Waals surface area contributed by atoms with E-state index >= 15 is 0 Å². The molecular formula is C16H24N6O2. The molecule has 0 radical (unpaired) electrons. The molecule has 130 valence electrons. The van der Waals surface area contributed by atoms with E-state index in [1.165, 1.54) is 0 Å². The molecule has 1 aliphatic rings. The van der Waals surface area contributed by atoms with Gasteiger partial charge >= 0.3 is 6.03 Å². The van der Waals surface area contributed by atoms with Crippen molar-refractivity contribution in [2.24, 2.45) is 0 Å². The van der Waals surface area contributed by atoms with Crippen molar-refractivity contribution >= 4 is 11.7 Å². The molecule has 24 heavy (non-hydrogen) atoms. The average molecular weight is 332 g/mol. The molecular weight excluding hydrogens is 308 g/mol. The number of carbonyl (C=O) groups excluding carboxylic acids is 1. The van der Waals surface area contributed by atoms with Gasteiger partial charge in [-0.2, -0.15) is 5.10 Å². The molecule has 2 N–H and O–H groups in total. The molecule has 1 fully saturated rings. The molecule has 2 aromatic heterocycles. The zero-order valence-electron chi connectivity index (χ0n) is 14.4. The molecule has 1 saturated heterocycles. The highest BCUT2D eigenvalue weighted by Gasteiger charge is 2.27. The maximum Gasteiger partial charge on any atom is 0.321 e. The smallest absolute Gasteiger partial charge is 0.321 e. The predicted octanol–water partition coefficient (Wildman–Crippen LogP) is 2.64. The van der Waals surface area contributed by atoms with Crippen LogP contribution in [0.5, 0.6) is 0 Å². The Morgan fingerprint density at radius 1 is 1.33 bits per heavy atom. The number of nitrogens with one attached hydrogen (secondary N) is 2. The first-order valence-electron chi connectivity index (χ1n) is 8.54. The van der Waals surface area contributed by atoms with Crippen molar-refractivity contribution in [1.82, 2.24) is 25.2 Å². The second-order valence-electron chi connectivity index (χ2n) is 6.10. The zero-order chi connectivity index (χ0) is 17.1. The number of rotatable bonds is 4. The van der Waals surface area contributed by atoms with E-state index in [9.17, 15) is 4.79 Å². The van der Waals surface area contributed by atoms with Crippen molar-refractivity contribution in [3.05, 3.63) is 23.1 Å². The predicted molar refractivity (Wildman–Crippen MR) is 88.9 cm³/mol. The number of hydrogen-bond acceptors (Lipinski definition) is 5. The molecule has 0 bridgehead atoms. The lowest BCUT2D eigenvalue weighted by Gasteiger charge is -2.30. The number of nitrogens with zero attached hydrogens (tertiary/aromatic N) is 4. The van der Waals surface area contributed by atoms with Crippen LogP contribution in [-0.2, 0) is 12.8 Å². The Morgan fingerprint density at radius 2 is 2.08 bits per heavy atom. The first kappa shape index (κ1) is 16.5. The van der Waals surface area contributed by atoms with Crippen LogP contribution in [0.2, 0.25) is 0 Å². The lowest BCUT2D eigenvalue weighted by molar-refractivity contribution is 0.193. The van der Waals surface area contributed by atoms with E-state index in [1.54, 1.807) is 0 Å². The Balaban J connectivity index is 1.58. The topological polar surface area (TPSA) is 99.9 Å². The van der Waals surface area contributed by atoms with Gasteiger partial charge in [0.25, 0.3) is 0 Å². The van der Waals surface area contributed by atoms with Gasteiger partial charge in [0.1, 0.15) is 17.2 Å². The number of aryl methyl sites for hydroxylation is 3. The summed E-state index contributed by atoms with van der Waals surface area (Å²) in [6.45, 7) is 7.23. The molecule has 2 amide bonds. The Labute approximate surface area is 141 Å². The highest BCUT2D eigenvalue weighted by atomic mass is 16.5. The fourth-order valence-corrected chi connectivity index (χ4v) is 3.00. The van der Waals surface area contributed by atoms with Crippen LogP contribution in [0.3, 0.4) is 0 Å². The van der Waals surface area contributed by atoms with Crippen LogP contribution in [0.25, 0.3) is 0 Å². The van der Waals surface area contributed by atoms with Crippen LogP contribution in [0.1, 0.15) is 55.7 Å². The first-order valence-corrected chi connectivity index (χ1v) is 8.54. The van der Waals surface area contributed by atoms with Gasteiger partial charge in [0, 0.05) is 25.4 Å². The third-order valence-corrected chi connectivity index (χ3v) is 4.53. The number of anilines is 1. The van der Waals surface area contributed by atoms with Crippen LogP contribution in [0.15, 0.2) is 4.52 Å². The van der Waals surface area contributed by atoms with Crippen LogP contribution in [0, 0.1) is 6.92 Å². The second-order valence-corrected chi connectivity index (χ2v) is 6.10. The number of piperidine rings is 1. The SMILES string of the molecule is CCc1nc(C2CCN(C(=O)Nc3c(CC)noc3C)CC2)n[nH]1. The summed E-state index contributed by atoms with van der Waals surface area (Å²) >= 11 is 0. The van der Waals surface area contributed by atoms with Gasteiger partial charge in [-0.25, -0.2) is 9.78 Å². The monoisotopic (exact) mass is 332 g/mol. The van der Waals surface area contributed by atoms with E-state index in [-0.39, 0.29) is 6.03 Å². The van der Waals surface area contributed by atoms with Gasteiger partial charge in [-0.05, 0) is 26.2 Å². The minimum absolute atomic E-state index is 0.0984. The fourth-order valence-electron chi connectivity index (χ4n) is 3.00. The van der Waals surface area contributed by atoms with Crippen molar-refractivity contribution in [1.29, 1.82) is 0 Å². The van der Waals surface area contributed by atoms with Gasteiger partial charge in [0.05, 0.1) is 0 Å². The summed E-state index contributed by atoms with van der Waals surface area (Å²) in [7, 11) is 0. The van der Waals surface area contributed by atoms with Crippen molar-refractivity contribution in [3.8, 4) is 0 Å². The number of carbonyl (C=O) groups is 1. The fraction of sp³-hybridized carbons (Fsp3) is 0.625. The molecule has 3 heterocycles. The zero-order valence-corrected chi connectivity index (χ0v) is 14.4. The number of aromatic amines is 1. The molecule has 8 heteroatoms. The molecule has 0 aliphatic carbocycles. The van der Waals surface area contributed by atoms with E-state index in [2.05, 4.69) is 32.6 Å². The summed E-state index contributed by atoms with van der Waals surface area (Å²) in [6, 6.07) is -0.0984. The number of amides is 2. The Kier molecular flexibility index (Phi) is 4.82. The number of likely N-dealkylation sites (tertiary alicyclic amines) is 1. The lowest BCUT2D eigenvalue weighted by atomic mass is 9.96. The van der Waals surface area contributed by atoms with Crippen LogP contribution in [-0.4, -0.2) is 44.4 Å². The van der Waals surface area contributed by atoms with E-state index in [4.69, 9.17) is 4.52 Å². The standard InChI is InChI=1S/C16H24N6O2/c1-4-12-14(10(3)24-21-12)18-16(23)22-8-6-11(7-9-22)15-17-13(5-2)19-20-15/h11H,4-9H2,1-3H3,(H,18,23)(H,17,19,20). The first-order chi connectivity index (χ1) is 11.6. The van der Waals surface area contributed by atoms with Crippen molar-refractivity contribution in [3.63, 3.8) is 0 Å². The molecule has 0 unspecified atom stereocenters. The number of hydrogen-bond donors (Lipinski definition) is 2. The Hall–Kier alpha value is -2.38. The van der Waals surface area contributed by atoms with Crippen LogP contribution < -0.4 is 5.32 Å². The van der Waals surface area contributed by atoms with E-state index in [0.717, 1.165) is 43.0 Å². The molecule has 1 aliphatic heterocycles. The molecule has 8 nitrogen and oxygen atoms in total. The molecule has 0 atom stereocenters. The van der Waals surface area contributed by atoms with E-state index < -0.39 is 0 Å². The van der Waals surface area contributed by atoms with Gasteiger partial charge in [-0.15, -0.1) is 0 Å². The van der Waals surface area contributed by atoms with Gasteiger partial charge in [-0.1, -0.05) is 19.0 Å². The maximum atomic E-state index is 12.5. The van der Waals surface area contributed by atoms with E-state index in [1.807, 2.05) is 18.7 Å². The summed E-state index contributed by atoms with van der Waals surface area (Å²) in [5.41, 5.74) is 1.48. The minimum Gasteiger partial charge on any atom is -0.359 e. The third-order valence-electron chi connectivity index (χ3n) is 4.53. The summed E-state index contributed by atoms with van der Waals surface area (Å²) in [5.74, 6) is 2.74. The highest BCUT2D eigenvalue weighted by molar-refractivity contribution is 5.90. The summed E-state index contributed by atoms with van der Waals surface area (Å²) in [6.07, 6.45) is 3.32. The number of aromatic nitrogens is 4. The third kappa shape index (κ3) is 3.27. The molecule has 0 spiro atoms. The van der Waals surface area contributed by atoms with Crippen LogP contribution in [0.4, 0.5) is 10.5 Å². The summed E-state index contributed by atoms with van der Waals surface area (Å²) in [4.78, 5) is 18.8. The van der Waals surface area contributed by atoms with Gasteiger partial charge in [-0.3, -0.25) is 5.10 Å². The minimum atomic E-state index is -0.0984. The lowest BCUT2D eigenvalue weighted by Crippen LogP contribution is -2.40.